The molecule has 0 unspecified atom stereocenters. The maximum absolute atomic E-state index is 12.7. The second kappa shape index (κ2) is 8.24. The van der Waals surface area contributed by atoms with E-state index in [4.69, 9.17) is 4.42 Å². The summed E-state index contributed by atoms with van der Waals surface area (Å²) in [6.45, 7) is 0. The summed E-state index contributed by atoms with van der Waals surface area (Å²) in [5, 5.41) is 3.20. The Balaban J connectivity index is 1.81. The molecule has 29 heavy (non-hydrogen) atoms. The highest BCUT2D eigenvalue weighted by molar-refractivity contribution is 9.10. The first-order chi connectivity index (χ1) is 14.1. The molecule has 0 saturated heterocycles. The number of nitrogens with one attached hydrogen (secondary N) is 1. The van der Waals surface area contributed by atoms with Crippen molar-refractivity contribution in [1.29, 1.82) is 0 Å². The van der Waals surface area contributed by atoms with Crippen LogP contribution in [-0.2, 0) is 0 Å². The van der Waals surface area contributed by atoms with Crippen LogP contribution in [0.1, 0.15) is 21.8 Å². The number of rotatable bonds is 4. The second-order valence-electron chi connectivity index (χ2n) is 6.25. The highest BCUT2D eigenvalue weighted by atomic mass is 79.9. The maximum Gasteiger partial charge on any atom is 0.347 e. The van der Waals surface area contributed by atoms with Crippen molar-refractivity contribution in [2.24, 2.45) is 0 Å². The van der Waals surface area contributed by atoms with Gasteiger partial charge in [0, 0.05) is 10.0 Å². The number of carbonyl (C=O) groups is 1. The van der Waals surface area contributed by atoms with E-state index in [1.807, 2.05) is 30.3 Å². The van der Waals surface area contributed by atoms with Crippen molar-refractivity contribution in [1.82, 2.24) is 10.3 Å². The number of hydrogen-bond acceptors (Lipinski definition) is 4. The number of aromatic nitrogens is 1. The fourth-order valence-electron chi connectivity index (χ4n) is 2.79. The van der Waals surface area contributed by atoms with E-state index in [1.165, 1.54) is 0 Å². The highest BCUT2D eigenvalue weighted by Crippen LogP contribution is 2.18. The fourth-order valence-corrected chi connectivity index (χ4v) is 3.06. The largest absolute Gasteiger partial charge is 0.401 e. The molecule has 142 valence electrons. The lowest BCUT2D eigenvalue weighted by Gasteiger charge is -2.09. The van der Waals surface area contributed by atoms with Gasteiger partial charge in [-0.2, -0.15) is 0 Å². The van der Waals surface area contributed by atoms with Gasteiger partial charge in [-0.15, -0.1) is 0 Å². The van der Waals surface area contributed by atoms with E-state index in [0.29, 0.717) is 22.2 Å². The van der Waals surface area contributed by atoms with E-state index in [2.05, 4.69) is 26.2 Å². The predicted molar refractivity (Wildman–Crippen MR) is 116 cm³/mol. The van der Waals surface area contributed by atoms with Crippen LogP contribution in [0.15, 0.2) is 92.5 Å². The summed E-state index contributed by atoms with van der Waals surface area (Å²) in [5.41, 5.74) is 1.58. The summed E-state index contributed by atoms with van der Waals surface area (Å²) in [5.74, 6) is -0.285. The summed E-state index contributed by atoms with van der Waals surface area (Å²) in [6.07, 6.45) is 1.72. The molecule has 6 heteroatoms. The van der Waals surface area contributed by atoms with Crippen molar-refractivity contribution >= 4 is 44.5 Å². The third-order valence-corrected chi connectivity index (χ3v) is 4.76. The Bertz CT molecular complexity index is 1260. The molecule has 5 nitrogen and oxygen atoms in total. The van der Waals surface area contributed by atoms with Gasteiger partial charge in [0.1, 0.15) is 5.70 Å². The smallest absolute Gasteiger partial charge is 0.347 e. The minimum absolute atomic E-state index is 0.0425. The van der Waals surface area contributed by atoms with E-state index >= 15 is 0 Å². The molecule has 0 atom stereocenters. The van der Waals surface area contributed by atoms with E-state index in [1.54, 1.807) is 54.6 Å². The van der Waals surface area contributed by atoms with Crippen molar-refractivity contribution in [3.8, 4) is 0 Å². The Morgan fingerprint density at radius 1 is 0.931 bits per heavy atom. The molecule has 0 saturated carbocycles. The second-order valence-corrected chi connectivity index (χ2v) is 7.17. The van der Waals surface area contributed by atoms with Crippen LogP contribution in [-0.4, -0.2) is 10.9 Å². The average Bonchev–Trinajstić information content (AvgIpc) is 2.75. The minimum atomic E-state index is -0.513. The zero-order valence-electron chi connectivity index (χ0n) is 15.1. The predicted octanol–water partition coefficient (Wildman–Crippen LogP) is 4.88. The van der Waals surface area contributed by atoms with Gasteiger partial charge >= 0.3 is 5.63 Å². The quantitative estimate of drug-likeness (QED) is 0.484. The van der Waals surface area contributed by atoms with Crippen LogP contribution in [0.3, 0.4) is 0 Å². The first kappa shape index (κ1) is 18.8. The molecule has 1 heterocycles. The van der Waals surface area contributed by atoms with Gasteiger partial charge in [-0.3, -0.25) is 4.79 Å². The molecule has 3 aromatic carbocycles. The number of benzene rings is 3. The van der Waals surface area contributed by atoms with Crippen LogP contribution in [0, 0.1) is 0 Å². The van der Waals surface area contributed by atoms with Gasteiger partial charge in [0.05, 0.1) is 10.9 Å². The van der Waals surface area contributed by atoms with Crippen molar-refractivity contribution in [3.63, 3.8) is 0 Å². The van der Waals surface area contributed by atoms with Crippen LogP contribution < -0.4 is 10.9 Å². The highest BCUT2D eigenvalue weighted by Gasteiger charge is 2.15. The summed E-state index contributed by atoms with van der Waals surface area (Å²) < 4.78 is 6.36. The van der Waals surface area contributed by atoms with Gasteiger partial charge in [0.15, 0.2) is 0 Å². The Morgan fingerprint density at radius 2 is 1.62 bits per heavy atom. The number of halogens is 1. The SMILES string of the molecule is O=C(N/C(=C/c1ccc(Br)cc1)c1nc2ccccc2c(=O)o1)c1ccccc1. The molecule has 0 aliphatic heterocycles. The topological polar surface area (TPSA) is 72.2 Å². The first-order valence-electron chi connectivity index (χ1n) is 8.84. The van der Waals surface area contributed by atoms with Gasteiger partial charge in [0.25, 0.3) is 5.91 Å². The van der Waals surface area contributed by atoms with Gasteiger partial charge in [-0.25, -0.2) is 9.78 Å². The maximum atomic E-state index is 12.7. The number of fused-ring (bicyclic) bond motifs is 1. The lowest BCUT2D eigenvalue weighted by molar-refractivity contribution is 0.0973. The third kappa shape index (κ3) is 4.33. The Labute approximate surface area is 174 Å². The molecule has 0 spiro atoms. The molecule has 0 fully saturated rings. The summed E-state index contributed by atoms with van der Waals surface area (Å²) >= 11 is 3.40. The molecule has 4 rings (SSSR count). The van der Waals surface area contributed by atoms with Gasteiger partial charge < -0.3 is 9.73 Å². The van der Waals surface area contributed by atoms with E-state index < -0.39 is 5.63 Å². The van der Waals surface area contributed by atoms with Gasteiger partial charge in [-0.1, -0.05) is 58.4 Å². The van der Waals surface area contributed by atoms with Crippen LogP contribution >= 0.6 is 15.9 Å². The molecule has 0 radical (unpaired) electrons. The van der Waals surface area contributed by atoms with Gasteiger partial charge in [-0.05, 0) is 48.0 Å². The Kier molecular flexibility index (Phi) is 5.35. The van der Waals surface area contributed by atoms with Crippen LogP contribution in [0.2, 0.25) is 0 Å². The van der Waals surface area contributed by atoms with Crippen molar-refractivity contribution in [3.05, 3.63) is 111 Å². The molecule has 0 aliphatic carbocycles. The molecule has 0 aliphatic rings. The average molecular weight is 447 g/mol. The summed E-state index contributed by atoms with van der Waals surface area (Å²) in [7, 11) is 0. The molecule has 4 aromatic rings. The third-order valence-electron chi connectivity index (χ3n) is 4.23. The Hall–Kier alpha value is -3.51. The monoisotopic (exact) mass is 446 g/mol. The van der Waals surface area contributed by atoms with E-state index in [0.717, 1.165) is 10.0 Å². The zero-order chi connectivity index (χ0) is 20.2. The summed E-state index contributed by atoms with van der Waals surface area (Å²) in [4.78, 5) is 29.6. The van der Waals surface area contributed by atoms with Crippen molar-refractivity contribution < 1.29 is 9.21 Å². The van der Waals surface area contributed by atoms with Crippen LogP contribution in [0.25, 0.3) is 22.7 Å². The Morgan fingerprint density at radius 3 is 2.38 bits per heavy atom. The lowest BCUT2D eigenvalue weighted by atomic mass is 10.1. The zero-order valence-corrected chi connectivity index (χ0v) is 16.7. The normalized spacial score (nSPS) is 11.4. The molecule has 0 bridgehead atoms. The molecular weight excluding hydrogens is 432 g/mol. The molecule has 1 N–H and O–H groups in total. The molecular formula is C23H15BrN2O3. The van der Waals surface area contributed by atoms with E-state index in [-0.39, 0.29) is 11.8 Å². The lowest BCUT2D eigenvalue weighted by Crippen LogP contribution is -2.23. The number of hydrogen-bond donors (Lipinski definition) is 1. The van der Waals surface area contributed by atoms with E-state index in [9.17, 15) is 9.59 Å². The fraction of sp³-hybridized carbons (Fsp3) is 0. The number of carbonyl (C=O) groups excluding carboxylic acids is 1. The van der Waals surface area contributed by atoms with Crippen LogP contribution in [0.4, 0.5) is 0 Å². The molecule has 1 aromatic heterocycles. The number of nitrogens with zero attached hydrogens (tertiary/aromatic N) is 1. The standard InChI is InChI=1S/C23H15BrN2O3/c24-17-12-10-15(11-13-17)14-20(25-21(27)16-6-2-1-3-7-16)22-26-19-9-5-4-8-18(19)23(28)29-22/h1-14H,(H,25,27)/b20-14+. The first-order valence-corrected chi connectivity index (χ1v) is 9.63. The van der Waals surface area contributed by atoms with Crippen LogP contribution in [0.5, 0.6) is 0 Å². The number of amides is 1. The van der Waals surface area contributed by atoms with Crippen molar-refractivity contribution in [2.75, 3.05) is 0 Å². The minimum Gasteiger partial charge on any atom is -0.401 e. The van der Waals surface area contributed by atoms with Crippen molar-refractivity contribution in [2.45, 2.75) is 0 Å². The van der Waals surface area contributed by atoms with Gasteiger partial charge in [0.2, 0.25) is 5.89 Å². The number of para-hydroxylation sites is 1. The summed E-state index contributed by atoms with van der Waals surface area (Å²) in [6, 6.07) is 23.2. The molecule has 1 amide bonds.